The lowest BCUT2D eigenvalue weighted by molar-refractivity contribution is -0.118. The van der Waals surface area contributed by atoms with Gasteiger partial charge in [-0.05, 0) is 37.0 Å². The molecule has 0 N–H and O–H groups in total. The standard InChI is InChI=1S/C18H24N2O3S2/c1-11(2)7-17(21)19-18-20(14-8-12(3)5-6-13(14)4)15-9-25(22,23)10-16(15)24-18/h5-6,8,11,15-16H,7,9-10H2,1-4H3/t15-,16+/m0/s1. The molecule has 0 spiro atoms. The van der Waals surface area contributed by atoms with Crippen molar-refractivity contribution in [3.8, 4) is 0 Å². The van der Waals surface area contributed by atoms with Crippen LogP contribution in [0, 0.1) is 19.8 Å². The number of hydrogen-bond donors (Lipinski definition) is 0. The molecule has 0 saturated carbocycles. The first-order valence-corrected chi connectivity index (χ1v) is 11.2. The first-order chi connectivity index (χ1) is 11.7. The third kappa shape index (κ3) is 3.92. The molecular formula is C18H24N2O3S2. The maximum absolute atomic E-state index is 12.2. The summed E-state index contributed by atoms with van der Waals surface area (Å²) in [5.74, 6) is 0.379. The summed E-state index contributed by atoms with van der Waals surface area (Å²) in [6.07, 6.45) is 0.401. The second-order valence-corrected chi connectivity index (χ2v) is 10.7. The Balaban J connectivity index is 2.02. The van der Waals surface area contributed by atoms with E-state index in [0.717, 1.165) is 16.8 Å². The Hall–Kier alpha value is -1.34. The molecule has 2 fully saturated rings. The van der Waals surface area contributed by atoms with Crippen LogP contribution < -0.4 is 4.90 Å². The van der Waals surface area contributed by atoms with Crippen LogP contribution >= 0.6 is 11.8 Å². The van der Waals surface area contributed by atoms with E-state index in [1.54, 1.807) is 0 Å². The highest BCUT2D eigenvalue weighted by atomic mass is 32.2. The minimum atomic E-state index is -3.04. The van der Waals surface area contributed by atoms with E-state index in [1.807, 2.05) is 50.8 Å². The van der Waals surface area contributed by atoms with Crippen LogP contribution in [-0.2, 0) is 14.6 Å². The number of carbonyl (C=O) groups is 1. The lowest BCUT2D eigenvalue weighted by atomic mass is 10.1. The van der Waals surface area contributed by atoms with E-state index >= 15 is 0 Å². The van der Waals surface area contributed by atoms with Gasteiger partial charge in [0.05, 0.1) is 17.5 Å². The molecule has 1 aromatic carbocycles. The van der Waals surface area contributed by atoms with E-state index < -0.39 is 9.84 Å². The number of rotatable bonds is 3. The van der Waals surface area contributed by atoms with Gasteiger partial charge in [0.2, 0.25) is 5.91 Å². The Bertz CT molecular complexity index is 831. The van der Waals surface area contributed by atoms with Gasteiger partial charge in [-0.25, -0.2) is 8.42 Å². The number of benzene rings is 1. The number of nitrogens with zero attached hydrogens (tertiary/aromatic N) is 2. The highest BCUT2D eigenvalue weighted by Gasteiger charge is 2.49. The van der Waals surface area contributed by atoms with Crippen molar-refractivity contribution in [2.75, 3.05) is 16.4 Å². The number of anilines is 1. The predicted octanol–water partition coefficient (Wildman–Crippen LogP) is 2.95. The molecule has 7 heteroatoms. The van der Waals surface area contributed by atoms with E-state index in [2.05, 4.69) is 4.99 Å². The highest BCUT2D eigenvalue weighted by molar-refractivity contribution is 8.16. The van der Waals surface area contributed by atoms with Gasteiger partial charge in [-0.2, -0.15) is 4.99 Å². The minimum Gasteiger partial charge on any atom is -0.315 e. The Morgan fingerprint density at radius 2 is 2.04 bits per heavy atom. The zero-order valence-electron chi connectivity index (χ0n) is 15.0. The summed E-state index contributed by atoms with van der Waals surface area (Å²) in [5.41, 5.74) is 3.11. The van der Waals surface area contributed by atoms with Crippen molar-refractivity contribution in [1.82, 2.24) is 0 Å². The molecule has 2 aliphatic rings. The van der Waals surface area contributed by atoms with Gasteiger partial charge in [-0.1, -0.05) is 37.7 Å². The Morgan fingerprint density at radius 1 is 1.32 bits per heavy atom. The van der Waals surface area contributed by atoms with Gasteiger partial charge in [0.1, 0.15) is 0 Å². The number of amides is 1. The molecule has 2 aliphatic heterocycles. The number of aliphatic imine (C=N–C) groups is 1. The minimum absolute atomic E-state index is 0.0597. The van der Waals surface area contributed by atoms with Crippen molar-refractivity contribution < 1.29 is 13.2 Å². The van der Waals surface area contributed by atoms with Gasteiger partial charge in [0.15, 0.2) is 15.0 Å². The summed E-state index contributed by atoms with van der Waals surface area (Å²) in [7, 11) is -3.04. The van der Waals surface area contributed by atoms with Crippen LogP contribution in [0.1, 0.15) is 31.4 Å². The first kappa shape index (κ1) is 18.5. The second-order valence-electron chi connectivity index (χ2n) is 7.35. The molecule has 0 radical (unpaired) electrons. The van der Waals surface area contributed by atoms with Gasteiger partial charge in [-0.15, -0.1) is 0 Å². The topological polar surface area (TPSA) is 66.8 Å². The Kier molecular flexibility index (Phi) is 4.99. The maximum Gasteiger partial charge on any atom is 0.248 e. The quantitative estimate of drug-likeness (QED) is 0.806. The molecule has 5 nitrogen and oxygen atoms in total. The van der Waals surface area contributed by atoms with Crippen LogP contribution in [0.2, 0.25) is 0 Å². The molecule has 0 bridgehead atoms. The molecule has 0 aliphatic carbocycles. The SMILES string of the molecule is Cc1ccc(C)c(N2C(=NC(=O)CC(C)C)S[C@@H]3CS(=O)(=O)C[C@@H]32)c1. The van der Waals surface area contributed by atoms with Gasteiger partial charge < -0.3 is 4.90 Å². The van der Waals surface area contributed by atoms with Crippen molar-refractivity contribution in [2.45, 2.75) is 45.4 Å². The van der Waals surface area contributed by atoms with Crippen LogP contribution in [0.25, 0.3) is 0 Å². The fourth-order valence-electron chi connectivity index (χ4n) is 3.33. The summed E-state index contributed by atoms with van der Waals surface area (Å²) in [4.78, 5) is 18.6. The van der Waals surface area contributed by atoms with Crippen molar-refractivity contribution in [3.63, 3.8) is 0 Å². The highest BCUT2D eigenvalue weighted by Crippen LogP contribution is 2.42. The molecule has 2 atom stereocenters. The fourth-order valence-corrected chi connectivity index (χ4v) is 7.25. The normalized spacial score (nSPS) is 26.4. The molecule has 2 heterocycles. The van der Waals surface area contributed by atoms with Gasteiger partial charge in [0, 0.05) is 17.4 Å². The largest absolute Gasteiger partial charge is 0.315 e. The molecule has 1 aromatic rings. The number of amidine groups is 1. The first-order valence-electron chi connectivity index (χ1n) is 8.51. The van der Waals surface area contributed by atoms with E-state index in [1.165, 1.54) is 11.8 Å². The van der Waals surface area contributed by atoms with Crippen molar-refractivity contribution >= 4 is 38.4 Å². The third-order valence-corrected chi connectivity index (χ3v) is 7.70. The van der Waals surface area contributed by atoms with Gasteiger partial charge in [-0.3, -0.25) is 4.79 Å². The number of aryl methyl sites for hydroxylation is 2. The number of carbonyl (C=O) groups excluding carboxylic acids is 1. The summed E-state index contributed by atoms with van der Waals surface area (Å²) >= 11 is 1.43. The molecule has 136 valence electrons. The van der Waals surface area contributed by atoms with Crippen LogP contribution in [0.5, 0.6) is 0 Å². The molecule has 0 unspecified atom stereocenters. The van der Waals surface area contributed by atoms with E-state index in [0.29, 0.717) is 11.6 Å². The molecular weight excluding hydrogens is 356 g/mol. The van der Waals surface area contributed by atoms with Crippen LogP contribution in [0.3, 0.4) is 0 Å². The average Bonchev–Trinajstić information content (AvgIpc) is 2.92. The van der Waals surface area contributed by atoms with Gasteiger partial charge in [0.25, 0.3) is 0 Å². The van der Waals surface area contributed by atoms with Gasteiger partial charge >= 0.3 is 0 Å². The predicted molar refractivity (Wildman–Crippen MR) is 104 cm³/mol. The van der Waals surface area contributed by atoms with E-state index in [-0.39, 0.29) is 34.6 Å². The van der Waals surface area contributed by atoms with E-state index in [4.69, 9.17) is 0 Å². The molecule has 0 aromatic heterocycles. The summed E-state index contributed by atoms with van der Waals surface area (Å²) in [5, 5.41) is 0.583. The monoisotopic (exact) mass is 380 g/mol. The third-order valence-electron chi connectivity index (χ3n) is 4.49. The maximum atomic E-state index is 12.2. The van der Waals surface area contributed by atoms with Crippen LogP contribution in [0.15, 0.2) is 23.2 Å². The number of thioether (sulfide) groups is 1. The summed E-state index contributed by atoms with van der Waals surface area (Å²) < 4.78 is 24.2. The molecule has 25 heavy (non-hydrogen) atoms. The Labute approximate surface area is 153 Å². The van der Waals surface area contributed by atoms with E-state index in [9.17, 15) is 13.2 Å². The number of sulfone groups is 1. The Morgan fingerprint density at radius 3 is 2.72 bits per heavy atom. The second kappa shape index (κ2) is 6.76. The number of fused-ring (bicyclic) bond motifs is 1. The zero-order chi connectivity index (χ0) is 18.4. The summed E-state index contributed by atoms with van der Waals surface area (Å²) in [6.45, 7) is 7.99. The smallest absolute Gasteiger partial charge is 0.248 e. The molecule has 1 amide bonds. The lowest BCUT2D eigenvalue weighted by Gasteiger charge is -2.26. The number of hydrogen-bond acceptors (Lipinski definition) is 4. The summed E-state index contributed by atoms with van der Waals surface area (Å²) in [6, 6.07) is 5.96. The molecule has 3 rings (SSSR count). The van der Waals surface area contributed by atoms with Crippen LogP contribution in [-0.4, -0.2) is 42.3 Å². The zero-order valence-corrected chi connectivity index (χ0v) is 16.7. The lowest BCUT2D eigenvalue weighted by Crippen LogP contribution is -2.38. The van der Waals surface area contributed by atoms with Crippen molar-refractivity contribution in [3.05, 3.63) is 29.3 Å². The molecule has 2 saturated heterocycles. The van der Waals surface area contributed by atoms with Crippen molar-refractivity contribution in [2.24, 2.45) is 10.9 Å². The van der Waals surface area contributed by atoms with Crippen LogP contribution in [0.4, 0.5) is 5.69 Å². The average molecular weight is 381 g/mol. The fraction of sp³-hybridized carbons (Fsp3) is 0.556. The van der Waals surface area contributed by atoms with Crippen molar-refractivity contribution in [1.29, 1.82) is 0 Å².